The summed E-state index contributed by atoms with van der Waals surface area (Å²) >= 11 is 6.08. The van der Waals surface area contributed by atoms with Gasteiger partial charge >= 0.3 is 11.9 Å². The highest BCUT2D eigenvalue weighted by Crippen LogP contribution is 2.36. The first-order chi connectivity index (χ1) is 17.4. The number of esters is 2. The molecule has 1 unspecified atom stereocenters. The molecule has 3 aromatic carbocycles. The van der Waals surface area contributed by atoms with E-state index in [-0.39, 0.29) is 12.5 Å². The van der Waals surface area contributed by atoms with Crippen LogP contribution >= 0.6 is 11.6 Å². The van der Waals surface area contributed by atoms with Gasteiger partial charge in [-0.2, -0.15) is 0 Å². The van der Waals surface area contributed by atoms with Gasteiger partial charge < -0.3 is 14.8 Å². The molecule has 0 fully saturated rings. The highest BCUT2D eigenvalue weighted by molar-refractivity contribution is 6.30. The molecule has 0 aromatic heterocycles. The fourth-order valence-corrected chi connectivity index (χ4v) is 4.00. The van der Waals surface area contributed by atoms with Gasteiger partial charge in [-0.25, -0.2) is 9.59 Å². The third-order valence-corrected chi connectivity index (χ3v) is 5.85. The molecule has 0 spiro atoms. The van der Waals surface area contributed by atoms with Crippen molar-refractivity contribution >= 4 is 40.8 Å². The molecule has 184 valence electrons. The van der Waals surface area contributed by atoms with E-state index in [0.29, 0.717) is 39.8 Å². The van der Waals surface area contributed by atoms with Gasteiger partial charge in [-0.05, 0) is 86.2 Å². The lowest BCUT2D eigenvalue weighted by atomic mass is 10.1. The Hall–Kier alpha value is -4.10. The Labute approximate surface area is 214 Å². The molecule has 1 atom stereocenters. The number of ether oxygens (including phenoxy) is 2. The van der Waals surface area contributed by atoms with E-state index in [1.54, 1.807) is 79.4 Å². The first-order valence-electron chi connectivity index (χ1n) is 11.5. The molecule has 0 saturated carbocycles. The fraction of sp³-hybridized carbons (Fsp3) is 0.179. The number of hydrogen-bond donors (Lipinski definition) is 1. The van der Waals surface area contributed by atoms with Crippen LogP contribution in [-0.2, 0) is 14.3 Å². The van der Waals surface area contributed by atoms with Crippen LogP contribution in [0.2, 0.25) is 5.02 Å². The summed E-state index contributed by atoms with van der Waals surface area (Å²) < 4.78 is 10.1. The summed E-state index contributed by atoms with van der Waals surface area (Å²) in [7, 11) is 0. The molecular formula is C28H25ClN2O5. The second-order valence-electron chi connectivity index (χ2n) is 7.94. The topological polar surface area (TPSA) is 84.9 Å². The molecule has 8 heteroatoms. The van der Waals surface area contributed by atoms with E-state index in [1.807, 2.05) is 18.2 Å². The van der Waals surface area contributed by atoms with Gasteiger partial charge in [0.2, 0.25) is 0 Å². The summed E-state index contributed by atoms with van der Waals surface area (Å²) in [5.74, 6) is -1.06. The monoisotopic (exact) mass is 504 g/mol. The summed E-state index contributed by atoms with van der Waals surface area (Å²) in [4.78, 5) is 39.2. The van der Waals surface area contributed by atoms with Crippen molar-refractivity contribution in [1.29, 1.82) is 0 Å². The largest absolute Gasteiger partial charge is 0.462 e. The van der Waals surface area contributed by atoms with Crippen molar-refractivity contribution in [3.63, 3.8) is 0 Å². The molecular weight excluding hydrogens is 480 g/mol. The average Bonchev–Trinajstić information content (AvgIpc) is 3.21. The summed E-state index contributed by atoms with van der Waals surface area (Å²) in [6.45, 7) is 4.07. The first kappa shape index (κ1) is 25.0. The second kappa shape index (κ2) is 11.1. The standard InChI is InChI=1S/C28H25ClN2O5/c1-3-35-27(33)19-7-13-22(14-8-19)30-24-17-25(18-5-11-21(29)12-6-18)31(26(24)32)23-15-9-20(10-16-23)28(34)36-4-2/h5-17,25,30H,3-4H2,1-2H3. The van der Waals surface area contributed by atoms with Crippen LogP contribution in [0, 0.1) is 0 Å². The number of amides is 1. The Bertz CT molecular complexity index is 1290. The van der Waals surface area contributed by atoms with E-state index in [4.69, 9.17) is 21.1 Å². The van der Waals surface area contributed by atoms with Crippen molar-refractivity contribution in [2.24, 2.45) is 0 Å². The van der Waals surface area contributed by atoms with Gasteiger partial charge in [-0.3, -0.25) is 9.69 Å². The molecule has 4 rings (SSSR count). The lowest BCUT2D eigenvalue weighted by molar-refractivity contribution is -0.114. The minimum atomic E-state index is -0.419. The second-order valence-corrected chi connectivity index (χ2v) is 8.38. The molecule has 1 N–H and O–H groups in total. The third kappa shape index (κ3) is 5.42. The Morgan fingerprint density at radius 2 is 1.36 bits per heavy atom. The zero-order valence-electron chi connectivity index (χ0n) is 19.9. The Morgan fingerprint density at radius 1 is 0.833 bits per heavy atom. The third-order valence-electron chi connectivity index (χ3n) is 5.60. The molecule has 0 bridgehead atoms. The minimum absolute atomic E-state index is 0.242. The van der Waals surface area contributed by atoms with Gasteiger partial charge in [-0.1, -0.05) is 23.7 Å². The van der Waals surface area contributed by atoms with Crippen LogP contribution in [0.3, 0.4) is 0 Å². The van der Waals surface area contributed by atoms with Crippen molar-refractivity contribution in [3.05, 3.63) is 106 Å². The Balaban J connectivity index is 1.62. The lowest BCUT2D eigenvalue weighted by Crippen LogP contribution is -2.30. The highest BCUT2D eigenvalue weighted by Gasteiger charge is 2.35. The number of carbonyl (C=O) groups is 3. The molecule has 0 aliphatic carbocycles. The van der Waals surface area contributed by atoms with Gasteiger partial charge in [0.15, 0.2) is 0 Å². The average molecular weight is 505 g/mol. The van der Waals surface area contributed by atoms with Crippen LogP contribution in [0.1, 0.15) is 46.2 Å². The number of anilines is 2. The van der Waals surface area contributed by atoms with E-state index >= 15 is 0 Å². The number of nitrogens with one attached hydrogen (secondary N) is 1. The fourth-order valence-electron chi connectivity index (χ4n) is 3.87. The molecule has 1 amide bonds. The molecule has 0 radical (unpaired) electrons. The number of benzene rings is 3. The number of nitrogens with zero attached hydrogens (tertiary/aromatic N) is 1. The van der Waals surface area contributed by atoms with Gasteiger partial charge in [0.25, 0.3) is 5.91 Å². The minimum Gasteiger partial charge on any atom is -0.462 e. The number of rotatable bonds is 8. The zero-order valence-corrected chi connectivity index (χ0v) is 20.6. The molecule has 3 aromatic rings. The van der Waals surface area contributed by atoms with E-state index < -0.39 is 18.0 Å². The normalized spacial score (nSPS) is 14.9. The molecule has 1 aliphatic heterocycles. The predicted octanol–water partition coefficient (Wildman–Crippen LogP) is 5.78. The summed E-state index contributed by atoms with van der Waals surface area (Å²) in [5, 5.41) is 3.76. The maximum atomic E-state index is 13.5. The maximum absolute atomic E-state index is 13.5. The van der Waals surface area contributed by atoms with Crippen molar-refractivity contribution in [3.8, 4) is 0 Å². The molecule has 1 heterocycles. The summed E-state index contributed by atoms with van der Waals surface area (Å²) in [6, 6.07) is 20.3. The molecule has 36 heavy (non-hydrogen) atoms. The van der Waals surface area contributed by atoms with Crippen LogP contribution in [0.4, 0.5) is 11.4 Å². The van der Waals surface area contributed by atoms with Gasteiger partial charge in [0.05, 0.1) is 30.4 Å². The van der Waals surface area contributed by atoms with Crippen LogP contribution in [0.25, 0.3) is 0 Å². The first-order valence-corrected chi connectivity index (χ1v) is 11.9. The summed E-state index contributed by atoms with van der Waals surface area (Å²) in [6.07, 6.45) is 1.84. The van der Waals surface area contributed by atoms with E-state index in [1.165, 1.54) is 0 Å². The number of carbonyl (C=O) groups excluding carboxylic acids is 3. The van der Waals surface area contributed by atoms with E-state index in [2.05, 4.69) is 5.32 Å². The predicted molar refractivity (Wildman–Crippen MR) is 138 cm³/mol. The van der Waals surface area contributed by atoms with Crippen LogP contribution in [-0.4, -0.2) is 31.1 Å². The Kier molecular flexibility index (Phi) is 7.71. The summed E-state index contributed by atoms with van der Waals surface area (Å²) in [5.41, 5.74) is 3.36. The maximum Gasteiger partial charge on any atom is 0.338 e. The van der Waals surface area contributed by atoms with Crippen molar-refractivity contribution in [2.75, 3.05) is 23.4 Å². The van der Waals surface area contributed by atoms with Crippen LogP contribution < -0.4 is 10.2 Å². The van der Waals surface area contributed by atoms with Gasteiger partial charge in [0, 0.05) is 16.4 Å². The zero-order chi connectivity index (χ0) is 25.7. The van der Waals surface area contributed by atoms with E-state index in [9.17, 15) is 14.4 Å². The van der Waals surface area contributed by atoms with Crippen molar-refractivity contribution in [1.82, 2.24) is 0 Å². The lowest BCUT2D eigenvalue weighted by Gasteiger charge is -2.25. The van der Waals surface area contributed by atoms with Crippen molar-refractivity contribution in [2.45, 2.75) is 19.9 Å². The molecule has 0 saturated heterocycles. The SMILES string of the molecule is CCOC(=O)c1ccc(NC2=CC(c3ccc(Cl)cc3)N(c3ccc(C(=O)OCC)cc3)C2=O)cc1. The smallest absolute Gasteiger partial charge is 0.338 e. The number of halogens is 1. The quantitative estimate of drug-likeness (QED) is 0.391. The van der Waals surface area contributed by atoms with Crippen molar-refractivity contribution < 1.29 is 23.9 Å². The number of hydrogen-bond acceptors (Lipinski definition) is 6. The van der Waals surface area contributed by atoms with Gasteiger partial charge in [-0.15, -0.1) is 0 Å². The van der Waals surface area contributed by atoms with Gasteiger partial charge in [0.1, 0.15) is 5.70 Å². The molecule has 7 nitrogen and oxygen atoms in total. The van der Waals surface area contributed by atoms with E-state index in [0.717, 1.165) is 5.56 Å². The van der Waals surface area contributed by atoms with Crippen LogP contribution in [0.5, 0.6) is 0 Å². The molecule has 1 aliphatic rings. The Morgan fingerprint density at radius 3 is 1.89 bits per heavy atom. The van der Waals surface area contributed by atoms with Crippen LogP contribution in [0.15, 0.2) is 84.6 Å². The highest BCUT2D eigenvalue weighted by atomic mass is 35.5.